The van der Waals surface area contributed by atoms with Crippen LogP contribution >= 0.6 is 0 Å². The van der Waals surface area contributed by atoms with Gasteiger partial charge >= 0.3 is 6.03 Å². The van der Waals surface area contributed by atoms with Crippen LogP contribution in [-0.2, 0) is 16.1 Å². The SMILES string of the molecule is CC(=O)Nc1ccn(C(=O)N2CCN(Cc3ccc(C)cc3N3CC4CCC(C3)O4)CC2)n1. The summed E-state index contributed by atoms with van der Waals surface area (Å²) in [5, 5.41) is 6.77. The van der Waals surface area contributed by atoms with Gasteiger partial charge in [-0.1, -0.05) is 12.1 Å². The fourth-order valence-corrected chi connectivity index (χ4v) is 5.07. The number of aromatic nitrogens is 2. The molecule has 2 amide bonds. The van der Waals surface area contributed by atoms with Gasteiger partial charge in [0.2, 0.25) is 5.91 Å². The molecule has 9 heteroatoms. The molecule has 9 nitrogen and oxygen atoms in total. The Kier molecular flexibility index (Phi) is 6.07. The number of rotatable bonds is 4. The van der Waals surface area contributed by atoms with E-state index in [-0.39, 0.29) is 11.9 Å². The van der Waals surface area contributed by atoms with E-state index in [1.165, 1.54) is 41.3 Å². The molecule has 0 radical (unpaired) electrons. The van der Waals surface area contributed by atoms with E-state index in [1.54, 1.807) is 12.3 Å². The van der Waals surface area contributed by atoms with E-state index in [2.05, 4.69) is 45.3 Å². The maximum Gasteiger partial charge on any atom is 0.344 e. The summed E-state index contributed by atoms with van der Waals surface area (Å²) in [6.07, 6.45) is 4.65. The highest BCUT2D eigenvalue weighted by molar-refractivity contribution is 5.88. The average molecular weight is 453 g/mol. The number of ether oxygens (including phenoxy) is 1. The molecule has 3 fully saturated rings. The minimum Gasteiger partial charge on any atom is -0.371 e. The first-order valence-corrected chi connectivity index (χ1v) is 11.8. The van der Waals surface area contributed by atoms with E-state index in [0.717, 1.165) is 32.7 Å². The molecule has 0 saturated carbocycles. The summed E-state index contributed by atoms with van der Waals surface area (Å²) >= 11 is 0. The molecule has 1 aromatic heterocycles. The van der Waals surface area contributed by atoms with Gasteiger partial charge in [-0.3, -0.25) is 9.69 Å². The number of carbonyl (C=O) groups is 2. The van der Waals surface area contributed by atoms with E-state index in [9.17, 15) is 9.59 Å². The fraction of sp³-hybridized carbons (Fsp3) is 0.542. The molecule has 3 aliphatic rings. The molecular weight excluding hydrogens is 420 g/mol. The predicted octanol–water partition coefficient (Wildman–Crippen LogP) is 2.30. The van der Waals surface area contributed by atoms with Gasteiger partial charge in [-0.2, -0.15) is 4.68 Å². The molecule has 1 N–H and O–H groups in total. The van der Waals surface area contributed by atoms with Crippen LogP contribution in [0.3, 0.4) is 0 Å². The lowest BCUT2D eigenvalue weighted by atomic mass is 10.1. The molecule has 0 aliphatic carbocycles. The number of nitrogens with zero attached hydrogens (tertiary/aromatic N) is 5. The Hall–Kier alpha value is -2.91. The van der Waals surface area contributed by atoms with Crippen LogP contribution < -0.4 is 10.2 Å². The Morgan fingerprint density at radius 1 is 1.09 bits per heavy atom. The highest BCUT2D eigenvalue weighted by Gasteiger charge is 2.34. The zero-order valence-electron chi connectivity index (χ0n) is 19.4. The highest BCUT2D eigenvalue weighted by atomic mass is 16.5. The third kappa shape index (κ3) is 4.89. The van der Waals surface area contributed by atoms with Gasteiger partial charge in [0, 0.05) is 70.7 Å². The van der Waals surface area contributed by atoms with Crippen LogP contribution in [0.2, 0.25) is 0 Å². The quantitative estimate of drug-likeness (QED) is 0.767. The third-order valence-electron chi connectivity index (χ3n) is 6.75. The number of aryl methyl sites for hydroxylation is 1. The van der Waals surface area contributed by atoms with Crippen molar-refractivity contribution in [1.29, 1.82) is 0 Å². The van der Waals surface area contributed by atoms with Crippen molar-refractivity contribution in [3.63, 3.8) is 0 Å². The number of anilines is 2. The van der Waals surface area contributed by atoms with Gasteiger partial charge in [-0.25, -0.2) is 4.79 Å². The zero-order valence-corrected chi connectivity index (χ0v) is 19.4. The molecule has 33 heavy (non-hydrogen) atoms. The lowest BCUT2D eigenvalue weighted by molar-refractivity contribution is -0.114. The Balaban J connectivity index is 1.20. The molecule has 2 aromatic rings. The fourth-order valence-electron chi connectivity index (χ4n) is 5.07. The normalized spacial score (nSPS) is 23.1. The van der Waals surface area contributed by atoms with Gasteiger partial charge in [-0.05, 0) is 37.0 Å². The number of piperazine rings is 1. The third-order valence-corrected chi connectivity index (χ3v) is 6.75. The number of benzene rings is 1. The van der Waals surface area contributed by atoms with Crippen molar-refractivity contribution in [2.45, 2.75) is 45.4 Å². The first kappa shape index (κ1) is 21.9. The first-order chi connectivity index (χ1) is 15.9. The summed E-state index contributed by atoms with van der Waals surface area (Å²) in [7, 11) is 0. The smallest absolute Gasteiger partial charge is 0.344 e. The monoisotopic (exact) mass is 452 g/mol. The highest BCUT2D eigenvalue weighted by Crippen LogP contribution is 2.32. The Morgan fingerprint density at radius 3 is 2.52 bits per heavy atom. The van der Waals surface area contributed by atoms with E-state index >= 15 is 0 Å². The van der Waals surface area contributed by atoms with E-state index in [1.807, 2.05) is 4.90 Å². The van der Waals surface area contributed by atoms with Crippen LogP contribution in [0.15, 0.2) is 30.5 Å². The van der Waals surface area contributed by atoms with Gasteiger partial charge < -0.3 is 19.9 Å². The second-order valence-corrected chi connectivity index (χ2v) is 9.37. The number of carbonyl (C=O) groups excluding carboxylic acids is 2. The second kappa shape index (κ2) is 9.15. The van der Waals surface area contributed by atoms with Crippen molar-refractivity contribution in [2.24, 2.45) is 0 Å². The van der Waals surface area contributed by atoms with E-state index in [4.69, 9.17) is 4.74 Å². The summed E-state index contributed by atoms with van der Waals surface area (Å²) in [6.45, 7) is 9.31. The largest absolute Gasteiger partial charge is 0.371 e. The van der Waals surface area contributed by atoms with E-state index in [0.29, 0.717) is 31.1 Å². The van der Waals surface area contributed by atoms with Gasteiger partial charge in [-0.15, -0.1) is 5.10 Å². The Morgan fingerprint density at radius 2 is 1.82 bits per heavy atom. The molecular formula is C24H32N6O3. The average Bonchev–Trinajstić information content (AvgIpc) is 3.40. The predicted molar refractivity (Wildman–Crippen MR) is 125 cm³/mol. The van der Waals surface area contributed by atoms with Crippen molar-refractivity contribution in [3.05, 3.63) is 41.6 Å². The van der Waals surface area contributed by atoms with Crippen molar-refractivity contribution in [1.82, 2.24) is 19.6 Å². The van der Waals surface area contributed by atoms with Crippen LogP contribution in [0.1, 0.15) is 30.9 Å². The summed E-state index contributed by atoms with van der Waals surface area (Å²) in [6, 6.07) is 8.23. The topological polar surface area (TPSA) is 82.9 Å². The summed E-state index contributed by atoms with van der Waals surface area (Å²) in [5.41, 5.74) is 3.95. The van der Waals surface area contributed by atoms with Crippen molar-refractivity contribution in [2.75, 3.05) is 49.5 Å². The maximum atomic E-state index is 12.8. The molecule has 1 aromatic carbocycles. The van der Waals surface area contributed by atoms with Crippen LogP contribution in [0.25, 0.3) is 0 Å². The van der Waals surface area contributed by atoms with Crippen molar-refractivity contribution in [3.8, 4) is 0 Å². The van der Waals surface area contributed by atoms with Crippen LogP contribution in [-0.4, -0.2) is 83.0 Å². The minimum absolute atomic E-state index is 0.161. The molecule has 2 atom stereocenters. The van der Waals surface area contributed by atoms with Crippen LogP contribution in [0.5, 0.6) is 0 Å². The zero-order chi connectivity index (χ0) is 22.9. The molecule has 3 aliphatic heterocycles. The molecule has 2 bridgehead atoms. The lowest BCUT2D eigenvalue weighted by Crippen LogP contribution is -2.49. The molecule has 3 saturated heterocycles. The number of hydrogen-bond donors (Lipinski definition) is 1. The number of fused-ring (bicyclic) bond motifs is 2. The summed E-state index contributed by atoms with van der Waals surface area (Å²) < 4.78 is 7.34. The molecule has 4 heterocycles. The Bertz CT molecular complexity index is 1020. The van der Waals surface area contributed by atoms with E-state index < -0.39 is 0 Å². The number of nitrogens with one attached hydrogen (secondary N) is 1. The van der Waals surface area contributed by atoms with Crippen LogP contribution in [0, 0.1) is 6.92 Å². The van der Waals surface area contributed by atoms with Gasteiger partial charge in [0.1, 0.15) is 0 Å². The number of morpholine rings is 1. The number of amides is 2. The van der Waals surface area contributed by atoms with Crippen molar-refractivity contribution >= 4 is 23.4 Å². The minimum atomic E-state index is -0.207. The lowest BCUT2D eigenvalue weighted by Gasteiger charge is -2.37. The standard InChI is InChI=1S/C24H32N6O3/c1-17-3-4-19(22(13-17)29-15-20-5-6-21(16-29)33-20)14-27-9-11-28(12-10-27)24(32)30-8-7-23(26-30)25-18(2)31/h3-4,7-8,13,20-21H,5-6,9-12,14-16H2,1-2H3,(H,25,26,31). The van der Waals surface area contributed by atoms with Crippen molar-refractivity contribution < 1.29 is 14.3 Å². The van der Waals surface area contributed by atoms with Gasteiger partial charge in [0.05, 0.1) is 12.2 Å². The summed E-state index contributed by atoms with van der Waals surface area (Å²) in [5.74, 6) is 0.180. The summed E-state index contributed by atoms with van der Waals surface area (Å²) in [4.78, 5) is 30.7. The molecule has 0 spiro atoms. The molecule has 2 unspecified atom stereocenters. The number of hydrogen-bond acceptors (Lipinski definition) is 6. The first-order valence-electron chi connectivity index (χ1n) is 11.8. The maximum absolute atomic E-state index is 12.8. The van der Waals surface area contributed by atoms with Gasteiger partial charge in [0.25, 0.3) is 0 Å². The Labute approximate surface area is 194 Å². The van der Waals surface area contributed by atoms with Crippen LogP contribution in [0.4, 0.5) is 16.3 Å². The second-order valence-electron chi connectivity index (χ2n) is 9.37. The van der Waals surface area contributed by atoms with Gasteiger partial charge in [0.15, 0.2) is 5.82 Å². The molecule has 176 valence electrons. The molecule has 5 rings (SSSR count).